The van der Waals surface area contributed by atoms with Crippen LogP contribution in [0.15, 0.2) is 0 Å². The molecule has 1 fully saturated rings. The lowest BCUT2D eigenvalue weighted by Gasteiger charge is -2.30. The normalized spacial score (nSPS) is 19.9. The van der Waals surface area contributed by atoms with Crippen LogP contribution in [0, 0.1) is 5.92 Å². The Kier molecular flexibility index (Phi) is 7.87. The molecule has 96 valence electrons. The first-order valence-corrected chi connectivity index (χ1v) is 7.19. The quantitative estimate of drug-likeness (QED) is 0.642. The van der Waals surface area contributed by atoms with Gasteiger partial charge in [0.25, 0.3) is 0 Å². The highest BCUT2D eigenvalue weighted by atomic mass is 16.5. The van der Waals surface area contributed by atoms with Crippen LogP contribution in [-0.4, -0.2) is 25.8 Å². The predicted octanol–water partition coefficient (Wildman–Crippen LogP) is 3.36. The minimum atomic E-state index is 0.752. The third kappa shape index (κ3) is 5.31. The van der Waals surface area contributed by atoms with Gasteiger partial charge in [-0.05, 0) is 45.1 Å². The molecule has 0 radical (unpaired) electrons. The van der Waals surface area contributed by atoms with Crippen LogP contribution in [0.2, 0.25) is 0 Å². The van der Waals surface area contributed by atoms with E-state index in [-0.39, 0.29) is 0 Å². The lowest BCUT2D eigenvalue weighted by molar-refractivity contribution is 0.142. The molecule has 1 aliphatic rings. The Bertz CT molecular complexity index is 155. The Labute approximate surface area is 101 Å². The highest BCUT2D eigenvalue weighted by Gasteiger charge is 2.21. The van der Waals surface area contributed by atoms with Crippen LogP contribution in [-0.2, 0) is 4.74 Å². The van der Waals surface area contributed by atoms with Crippen LogP contribution in [0.4, 0.5) is 0 Å². The summed E-state index contributed by atoms with van der Waals surface area (Å²) in [7, 11) is 0. The van der Waals surface area contributed by atoms with Gasteiger partial charge in [0.1, 0.15) is 0 Å². The Balaban J connectivity index is 2.10. The number of hydrogen-bond donors (Lipinski definition) is 1. The molecule has 1 rings (SSSR count). The van der Waals surface area contributed by atoms with Gasteiger partial charge in [0.05, 0.1) is 0 Å². The fraction of sp³-hybridized carbons (Fsp3) is 1.00. The summed E-state index contributed by atoms with van der Waals surface area (Å²) in [6, 6.07) is 0.752. The second-order valence-electron chi connectivity index (χ2n) is 4.92. The van der Waals surface area contributed by atoms with Crippen molar-refractivity contribution in [2.24, 2.45) is 5.92 Å². The molecule has 1 aliphatic carbocycles. The summed E-state index contributed by atoms with van der Waals surface area (Å²) in [5, 5.41) is 3.72. The molecule has 0 saturated heterocycles. The molecule has 0 aromatic carbocycles. The van der Waals surface area contributed by atoms with Crippen LogP contribution in [0.5, 0.6) is 0 Å². The van der Waals surface area contributed by atoms with Crippen molar-refractivity contribution in [2.45, 2.75) is 64.8 Å². The van der Waals surface area contributed by atoms with Gasteiger partial charge in [0, 0.05) is 19.3 Å². The van der Waals surface area contributed by atoms with Gasteiger partial charge in [0.15, 0.2) is 0 Å². The maximum Gasteiger partial charge on any atom is 0.0477 e. The SMILES string of the molecule is CCOCCCNC(CC)C1CCCCC1. The van der Waals surface area contributed by atoms with Gasteiger partial charge < -0.3 is 10.1 Å². The van der Waals surface area contributed by atoms with Crippen LogP contribution < -0.4 is 5.32 Å². The van der Waals surface area contributed by atoms with E-state index in [1.165, 1.54) is 38.5 Å². The fourth-order valence-electron chi connectivity index (χ4n) is 2.79. The average molecular weight is 227 g/mol. The molecule has 0 spiro atoms. The summed E-state index contributed by atoms with van der Waals surface area (Å²) in [5.74, 6) is 0.936. The van der Waals surface area contributed by atoms with Gasteiger partial charge in [-0.2, -0.15) is 0 Å². The Hall–Kier alpha value is -0.0800. The molecular weight excluding hydrogens is 198 g/mol. The summed E-state index contributed by atoms with van der Waals surface area (Å²) >= 11 is 0. The van der Waals surface area contributed by atoms with E-state index < -0.39 is 0 Å². The molecule has 0 aliphatic heterocycles. The van der Waals surface area contributed by atoms with Crippen LogP contribution in [0.3, 0.4) is 0 Å². The van der Waals surface area contributed by atoms with Crippen molar-refractivity contribution < 1.29 is 4.74 Å². The molecule has 2 heteroatoms. The van der Waals surface area contributed by atoms with Crippen LogP contribution in [0.1, 0.15) is 58.8 Å². The van der Waals surface area contributed by atoms with Crippen molar-refractivity contribution in [2.75, 3.05) is 19.8 Å². The zero-order valence-corrected chi connectivity index (χ0v) is 11.1. The number of ether oxygens (including phenoxy) is 1. The first-order valence-electron chi connectivity index (χ1n) is 7.19. The second-order valence-corrected chi connectivity index (χ2v) is 4.92. The molecule has 16 heavy (non-hydrogen) atoms. The van der Waals surface area contributed by atoms with E-state index in [1.807, 2.05) is 0 Å². The van der Waals surface area contributed by atoms with E-state index in [0.717, 1.165) is 38.1 Å². The van der Waals surface area contributed by atoms with Gasteiger partial charge in [-0.25, -0.2) is 0 Å². The Morgan fingerprint density at radius 2 is 1.94 bits per heavy atom. The first kappa shape index (κ1) is 14.0. The summed E-state index contributed by atoms with van der Waals surface area (Å²) in [4.78, 5) is 0. The molecule has 0 heterocycles. The molecule has 1 N–H and O–H groups in total. The van der Waals surface area contributed by atoms with Gasteiger partial charge in [-0.1, -0.05) is 26.2 Å². The van der Waals surface area contributed by atoms with E-state index >= 15 is 0 Å². The van der Waals surface area contributed by atoms with Crippen molar-refractivity contribution in [1.82, 2.24) is 5.32 Å². The predicted molar refractivity (Wildman–Crippen MR) is 69.8 cm³/mol. The molecule has 0 bridgehead atoms. The standard InChI is InChI=1S/C14H29NO/c1-3-14(13-9-6-5-7-10-13)15-11-8-12-16-4-2/h13-15H,3-12H2,1-2H3. The van der Waals surface area contributed by atoms with Crippen molar-refractivity contribution in [3.63, 3.8) is 0 Å². The van der Waals surface area contributed by atoms with Gasteiger partial charge in [-0.15, -0.1) is 0 Å². The van der Waals surface area contributed by atoms with Gasteiger partial charge in [0.2, 0.25) is 0 Å². The lowest BCUT2D eigenvalue weighted by Crippen LogP contribution is -2.37. The van der Waals surface area contributed by atoms with E-state index in [2.05, 4.69) is 19.2 Å². The minimum Gasteiger partial charge on any atom is -0.382 e. The summed E-state index contributed by atoms with van der Waals surface area (Å²) in [5.41, 5.74) is 0. The lowest BCUT2D eigenvalue weighted by atomic mass is 9.83. The van der Waals surface area contributed by atoms with Crippen molar-refractivity contribution in [1.29, 1.82) is 0 Å². The maximum atomic E-state index is 5.35. The number of hydrogen-bond acceptors (Lipinski definition) is 2. The van der Waals surface area contributed by atoms with E-state index in [9.17, 15) is 0 Å². The average Bonchev–Trinajstić information content (AvgIpc) is 2.35. The second kappa shape index (κ2) is 9.00. The number of nitrogens with one attached hydrogen (secondary N) is 1. The van der Waals surface area contributed by atoms with E-state index in [0.29, 0.717) is 0 Å². The third-order valence-electron chi connectivity index (χ3n) is 3.73. The topological polar surface area (TPSA) is 21.3 Å². The third-order valence-corrected chi connectivity index (χ3v) is 3.73. The Morgan fingerprint density at radius 1 is 1.19 bits per heavy atom. The monoisotopic (exact) mass is 227 g/mol. The van der Waals surface area contributed by atoms with Crippen molar-refractivity contribution in [3.05, 3.63) is 0 Å². The first-order chi connectivity index (χ1) is 7.88. The molecular formula is C14H29NO. The zero-order chi connectivity index (χ0) is 11.6. The van der Waals surface area contributed by atoms with Crippen molar-refractivity contribution in [3.8, 4) is 0 Å². The molecule has 1 unspecified atom stereocenters. The highest BCUT2D eigenvalue weighted by molar-refractivity contribution is 4.78. The van der Waals surface area contributed by atoms with Crippen molar-refractivity contribution >= 4 is 0 Å². The summed E-state index contributed by atoms with van der Waals surface area (Å²) < 4.78 is 5.35. The summed E-state index contributed by atoms with van der Waals surface area (Å²) in [6.45, 7) is 7.25. The van der Waals surface area contributed by atoms with E-state index in [4.69, 9.17) is 4.74 Å². The highest BCUT2D eigenvalue weighted by Crippen LogP contribution is 2.27. The molecule has 0 aromatic rings. The fourth-order valence-corrected chi connectivity index (χ4v) is 2.79. The van der Waals surface area contributed by atoms with Crippen LogP contribution >= 0.6 is 0 Å². The Morgan fingerprint density at radius 3 is 2.56 bits per heavy atom. The molecule has 0 aromatic heterocycles. The molecule has 1 saturated carbocycles. The van der Waals surface area contributed by atoms with Gasteiger partial charge >= 0.3 is 0 Å². The van der Waals surface area contributed by atoms with Crippen LogP contribution in [0.25, 0.3) is 0 Å². The summed E-state index contributed by atoms with van der Waals surface area (Å²) in [6.07, 6.45) is 9.66. The smallest absolute Gasteiger partial charge is 0.0477 e. The largest absolute Gasteiger partial charge is 0.382 e. The molecule has 1 atom stereocenters. The minimum absolute atomic E-state index is 0.752. The van der Waals surface area contributed by atoms with E-state index in [1.54, 1.807) is 0 Å². The number of rotatable bonds is 8. The molecule has 2 nitrogen and oxygen atoms in total. The van der Waals surface area contributed by atoms with Gasteiger partial charge in [-0.3, -0.25) is 0 Å². The molecule has 0 amide bonds. The zero-order valence-electron chi connectivity index (χ0n) is 11.1. The maximum absolute atomic E-state index is 5.35.